The van der Waals surface area contributed by atoms with E-state index in [4.69, 9.17) is 22.8 Å². The van der Waals surface area contributed by atoms with E-state index in [0.717, 1.165) is 0 Å². The van der Waals surface area contributed by atoms with Crippen molar-refractivity contribution in [2.24, 2.45) is 0 Å². The van der Waals surface area contributed by atoms with Gasteiger partial charge in [-0.2, -0.15) is 0 Å². The fraction of sp³-hybridized carbons (Fsp3) is 0. The number of halogens is 1. The highest BCUT2D eigenvalue weighted by molar-refractivity contribution is 7.79. The second kappa shape index (κ2) is 5.53. The first-order valence-electron chi connectivity index (χ1n) is 1.16. The summed E-state index contributed by atoms with van der Waals surface area (Å²) in [7, 11) is 0. The van der Waals surface area contributed by atoms with Gasteiger partial charge < -0.3 is 9.79 Å². The van der Waals surface area contributed by atoms with E-state index in [0.29, 0.717) is 0 Å². The zero-order valence-electron chi connectivity index (χ0n) is 3.44. The SMILES string of the molecule is O=P(O)(O)Cl.O=[SH2]=O. The van der Waals surface area contributed by atoms with Gasteiger partial charge in [-0.15, -0.1) is 0 Å². The highest BCUT2D eigenvalue weighted by Gasteiger charge is 2.01. The highest BCUT2D eigenvalue weighted by atomic mass is 35.7. The van der Waals surface area contributed by atoms with Gasteiger partial charge in [-0.05, 0) is 0 Å². The molecule has 52 valence electrons. The summed E-state index contributed by atoms with van der Waals surface area (Å²) in [6, 6.07) is 0. The summed E-state index contributed by atoms with van der Waals surface area (Å²) in [5, 5.41) is 0. The third kappa shape index (κ3) is 1220. The van der Waals surface area contributed by atoms with Gasteiger partial charge in [0, 0.05) is 11.2 Å². The lowest BCUT2D eigenvalue weighted by Crippen LogP contribution is -1.54. The number of rotatable bonds is 0. The van der Waals surface area contributed by atoms with Crippen LogP contribution in [0.3, 0.4) is 0 Å². The minimum Gasteiger partial charge on any atom is -0.313 e. The summed E-state index contributed by atoms with van der Waals surface area (Å²) < 4.78 is 25.9. The van der Waals surface area contributed by atoms with E-state index >= 15 is 0 Å². The molecule has 0 heterocycles. The van der Waals surface area contributed by atoms with Gasteiger partial charge in [-0.1, -0.05) is 0 Å². The average Bonchev–Trinajstić information content (AvgIpc) is 1.27. The molecule has 0 radical (unpaired) electrons. The summed E-state index contributed by atoms with van der Waals surface area (Å²) in [5.74, 6) is 0. The van der Waals surface area contributed by atoms with Crippen molar-refractivity contribution in [3.63, 3.8) is 0 Å². The Bertz CT molecular complexity index is 110. The quantitative estimate of drug-likeness (QED) is 0.475. The van der Waals surface area contributed by atoms with Crippen molar-refractivity contribution >= 4 is 29.8 Å². The molecular weight excluding hydrogens is 178 g/mol. The molecule has 0 saturated carbocycles. The molecule has 5 nitrogen and oxygen atoms in total. The lowest BCUT2D eigenvalue weighted by atomic mass is 15.8. The maximum absolute atomic E-state index is 9.09. The number of hydrogen-bond donors (Lipinski definition) is 2. The molecule has 0 fully saturated rings. The molecule has 0 aliphatic carbocycles. The van der Waals surface area contributed by atoms with E-state index in [1.54, 1.807) is 0 Å². The van der Waals surface area contributed by atoms with Crippen LogP contribution >= 0.6 is 18.2 Å². The van der Waals surface area contributed by atoms with Gasteiger partial charge in [0.25, 0.3) is 0 Å². The van der Waals surface area contributed by atoms with Gasteiger partial charge in [-0.25, -0.2) is 13.0 Å². The summed E-state index contributed by atoms with van der Waals surface area (Å²) >= 11 is 2.78. The van der Waals surface area contributed by atoms with E-state index in [2.05, 4.69) is 11.2 Å². The van der Waals surface area contributed by atoms with Crippen molar-refractivity contribution in [3.8, 4) is 0 Å². The first-order valence-corrected chi connectivity index (χ1v) is 4.49. The monoisotopic (exact) mass is 182 g/mol. The third-order valence-corrected chi connectivity index (χ3v) is 0. The van der Waals surface area contributed by atoms with Crippen molar-refractivity contribution < 1.29 is 22.8 Å². The van der Waals surface area contributed by atoms with E-state index in [1.807, 2.05) is 0 Å². The predicted molar refractivity (Wildman–Crippen MR) is 29.6 cm³/mol. The van der Waals surface area contributed by atoms with Crippen LogP contribution in [-0.2, 0) is 16.1 Å². The molecule has 0 aromatic carbocycles. The van der Waals surface area contributed by atoms with Crippen LogP contribution in [0.1, 0.15) is 0 Å². The van der Waals surface area contributed by atoms with Crippen LogP contribution < -0.4 is 0 Å². The molecule has 0 rings (SSSR count). The summed E-state index contributed by atoms with van der Waals surface area (Å²) in [4.78, 5) is 14.8. The van der Waals surface area contributed by atoms with Crippen molar-refractivity contribution in [1.29, 1.82) is 0 Å². The summed E-state index contributed by atoms with van der Waals surface area (Å²) in [5.41, 5.74) is 0. The summed E-state index contributed by atoms with van der Waals surface area (Å²) in [6.45, 7) is -4.17. The largest absolute Gasteiger partial charge is 0.419 e. The fourth-order valence-corrected chi connectivity index (χ4v) is 0. The molecule has 0 unspecified atom stereocenters. The highest BCUT2D eigenvalue weighted by Crippen LogP contribution is 2.39. The Morgan fingerprint density at radius 1 is 1.38 bits per heavy atom. The number of hydrogen-bond acceptors (Lipinski definition) is 3. The normalized spacial score (nSPS) is 9.38. The molecule has 0 aliphatic rings. The molecule has 0 aromatic rings. The Balaban J connectivity index is 0. The maximum atomic E-state index is 9.09. The Labute approximate surface area is 53.2 Å². The Kier molecular flexibility index (Phi) is 7.75. The Hall–Kier alpha value is 0.390. The molecule has 0 aliphatic heterocycles. The third-order valence-electron chi connectivity index (χ3n) is 0. The standard InChI is InChI=1S/ClH2O3P.H2O2S/c1-5(2,3)4;1-3-2/h(H2,2,3,4);3H2. The first kappa shape index (κ1) is 11.2. The van der Waals surface area contributed by atoms with Gasteiger partial charge in [0.1, 0.15) is 11.6 Å². The van der Waals surface area contributed by atoms with Crippen LogP contribution in [0.5, 0.6) is 0 Å². The molecule has 0 bridgehead atoms. The zero-order valence-corrected chi connectivity index (χ0v) is 6.09. The first-order chi connectivity index (χ1) is 3.41. The Morgan fingerprint density at radius 3 is 1.38 bits per heavy atom. The van der Waals surface area contributed by atoms with Crippen LogP contribution in [0, 0.1) is 0 Å². The Morgan fingerprint density at radius 2 is 1.38 bits per heavy atom. The van der Waals surface area contributed by atoms with Gasteiger partial charge >= 0.3 is 6.95 Å². The molecular formula is H4ClO5PS. The molecule has 8 heteroatoms. The molecule has 0 aromatic heterocycles. The van der Waals surface area contributed by atoms with E-state index in [1.165, 1.54) is 0 Å². The summed E-state index contributed by atoms with van der Waals surface area (Å²) in [6.07, 6.45) is 0. The van der Waals surface area contributed by atoms with Gasteiger partial charge in [0.15, 0.2) is 0 Å². The minimum absolute atomic E-state index is 1.42. The molecule has 0 spiro atoms. The van der Waals surface area contributed by atoms with Crippen LogP contribution in [0.2, 0.25) is 0 Å². The predicted octanol–water partition coefficient (Wildman–Crippen LogP) is -0.888. The van der Waals surface area contributed by atoms with Crippen molar-refractivity contribution in [2.75, 3.05) is 0 Å². The van der Waals surface area contributed by atoms with Crippen molar-refractivity contribution in [1.82, 2.24) is 0 Å². The van der Waals surface area contributed by atoms with Crippen LogP contribution in [0.25, 0.3) is 0 Å². The second-order valence-electron chi connectivity index (χ2n) is 0.556. The van der Waals surface area contributed by atoms with Crippen LogP contribution in [0.4, 0.5) is 0 Å². The molecule has 2 N–H and O–H groups in total. The van der Waals surface area contributed by atoms with Crippen LogP contribution in [0.15, 0.2) is 0 Å². The smallest absolute Gasteiger partial charge is 0.313 e. The zero-order chi connectivity index (χ0) is 7.21. The molecule has 8 heavy (non-hydrogen) atoms. The van der Waals surface area contributed by atoms with E-state index in [-0.39, 0.29) is 0 Å². The molecule has 0 saturated heterocycles. The van der Waals surface area contributed by atoms with Crippen molar-refractivity contribution in [2.45, 2.75) is 0 Å². The van der Waals surface area contributed by atoms with Gasteiger partial charge in [0.05, 0.1) is 0 Å². The van der Waals surface area contributed by atoms with Gasteiger partial charge in [0.2, 0.25) is 0 Å². The lowest BCUT2D eigenvalue weighted by Gasteiger charge is -1.80. The average molecular weight is 183 g/mol. The molecule has 0 amide bonds. The van der Waals surface area contributed by atoms with E-state index in [9.17, 15) is 0 Å². The maximum Gasteiger partial charge on any atom is 0.419 e. The lowest BCUT2D eigenvalue weighted by molar-refractivity contribution is 0.395. The minimum atomic E-state index is -4.17. The van der Waals surface area contributed by atoms with E-state index < -0.39 is 18.5 Å². The van der Waals surface area contributed by atoms with Gasteiger partial charge in [-0.3, -0.25) is 0 Å². The molecule has 0 atom stereocenters. The van der Waals surface area contributed by atoms with Crippen LogP contribution in [-0.4, -0.2) is 18.2 Å². The second-order valence-corrected chi connectivity index (χ2v) is 2.99. The fourth-order valence-electron chi connectivity index (χ4n) is 0. The van der Waals surface area contributed by atoms with Crippen molar-refractivity contribution in [3.05, 3.63) is 0 Å². The topological polar surface area (TPSA) is 91.7 Å².